The first kappa shape index (κ1) is 35.1. The van der Waals surface area contributed by atoms with Crippen molar-refractivity contribution in [2.75, 3.05) is 4.90 Å². The average Bonchev–Trinajstić information content (AvgIpc) is 3.94. The van der Waals surface area contributed by atoms with Crippen molar-refractivity contribution in [1.82, 2.24) is 4.57 Å². The molecule has 8 aromatic rings. The Hall–Kier alpha value is -6.84. The Bertz CT molecular complexity index is 3200. The van der Waals surface area contributed by atoms with Gasteiger partial charge in [-0.05, 0) is 102 Å². The van der Waals surface area contributed by atoms with E-state index in [1.54, 1.807) is 0 Å². The van der Waals surface area contributed by atoms with Crippen LogP contribution in [0.4, 0.5) is 11.4 Å². The van der Waals surface area contributed by atoms with Crippen molar-refractivity contribution in [2.24, 2.45) is 5.92 Å². The van der Waals surface area contributed by atoms with Gasteiger partial charge < -0.3 is 13.9 Å². The molecule has 2 heterocycles. The molecule has 0 saturated carbocycles. The van der Waals surface area contributed by atoms with Crippen molar-refractivity contribution >= 4 is 50.2 Å². The van der Waals surface area contributed by atoms with Crippen LogP contribution >= 0.6 is 0 Å². The molecule has 6 aromatic carbocycles. The molecular formula is C57H46N2O. The second-order valence-corrected chi connectivity index (χ2v) is 17.2. The number of aromatic nitrogens is 1. The summed E-state index contributed by atoms with van der Waals surface area (Å²) in [6.07, 6.45) is 24.9. The number of nitrogens with zero attached hydrogens (tertiary/aromatic N) is 2. The number of anilines is 2. The average molecular weight is 775 g/mol. The summed E-state index contributed by atoms with van der Waals surface area (Å²) in [6.45, 7) is 4.58. The lowest BCUT2D eigenvalue weighted by molar-refractivity contribution is 0.547. The molecule has 3 heteroatoms. The lowest BCUT2D eigenvalue weighted by atomic mass is 9.65. The summed E-state index contributed by atoms with van der Waals surface area (Å²) in [5.74, 6) is 1.51. The predicted molar refractivity (Wildman–Crippen MR) is 251 cm³/mol. The molecule has 0 radical (unpaired) electrons. The molecule has 0 fully saturated rings. The van der Waals surface area contributed by atoms with Crippen LogP contribution in [0.5, 0.6) is 0 Å². The maximum absolute atomic E-state index is 7.30. The molecule has 12 rings (SSSR count). The molecule has 0 saturated heterocycles. The van der Waals surface area contributed by atoms with Crippen LogP contribution < -0.4 is 4.90 Å². The smallest absolute Gasteiger partial charge is 0.145 e. The number of aryl methyl sites for hydroxylation is 2. The van der Waals surface area contributed by atoms with Crippen LogP contribution in [-0.4, -0.2) is 10.6 Å². The minimum absolute atomic E-state index is 0.0836. The zero-order valence-electron chi connectivity index (χ0n) is 34.1. The lowest BCUT2D eigenvalue weighted by Gasteiger charge is -2.38. The van der Waals surface area contributed by atoms with Crippen molar-refractivity contribution in [1.29, 1.82) is 0 Å². The summed E-state index contributed by atoms with van der Waals surface area (Å²) in [5.41, 5.74) is 16.6. The van der Waals surface area contributed by atoms with Crippen LogP contribution in [0.3, 0.4) is 0 Å². The molecule has 0 aliphatic heterocycles. The molecule has 4 aliphatic carbocycles. The van der Waals surface area contributed by atoms with Gasteiger partial charge in [0.2, 0.25) is 0 Å². The summed E-state index contributed by atoms with van der Waals surface area (Å²) in [5, 5.41) is 3.69. The normalized spacial score (nSPS) is 20.1. The molecule has 3 nitrogen and oxygen atoms in total. The van der Waals surface area contributed by atoms with Crippen molar-refractivity contribution in [3.63, 3.8) is 0 Å². The summed E-state index contributed by atoms with van der Waals surface area (Å²) in [6, 6.07) is 47.8. The van der Waals surface area contributed by atoms with E-state index in [4.69, 9.17) is 4.42 Å². The van der Waals surface area contributed by atoms with Gasteiger partial charge in [-0.2, -0.15) is 0 Å². The van der Waals surface area contributed by atoms with Gasteiger partial charge in [-0.25, -0.2) is 0 Å². The summed E-state index contributed by atoms with van der Waals surface area (Å²) in [7, 11) is 0. The number of hydrogen-bond donors (Lipinski definition) is 0. The largest absolute Gasteiger partial charge is 0.460 e. The first-order valence-electron chi connectivity index (χ1n) is 21.7. The van der Waals surface area contributed by atoms with E-state index in [-0.39, 0.29) is 6.04 Å². The molecule has 0 spiro atoms. The third-order valence-electron chi connectivity index (χ3n) is 13.5. The van der Waals surface area contributed by atoms with Crippen LogP contribution in [0.25, 0.3) is 55.7 Å². The highest BCUT2D eigenvalue weighted by atomic mass is 16.3. The highest BCUT2D eigenvalue weighted by Crippen LogP contribution is 2.61. The number of para-hydroxylation sites is 2. The highest BCUT2D eigenvalue weighted by Gasteiger charge is 2.49. The van der Waals surface area contributed by atoms with Crippen LogP contribution in [-0.2, 0) is 11.8 Å². The van der Waals surface area contributed by atoms with Crippen molar-refractivity contribution in [3.8, 4) is 16.8 Å². The van der Waals surface area contributed by atoms with Gasteiger partial charge in [-0.1, -0.05) is 152 Å². The first-order valence-corrected chi connectivity index (χ1v) is 21.7. The second kappa shape index (κ2) is 13.6. The van der Waals surface area contributed by atoms with Gasteiger partial charge in [0.1, 0.15) is 11.3 Å². The predicted octanol–water partition coefficient (Wildman–Crippen LogP) is 14.7. The Morgan fingerprint density at radius 1 is 0.717 bits per heavy atom. The number of allylic oxidation sites excluding steroid dienone is 7. The van der Waals surface area contributed by atoms with Crippen LogP contribution in [0.2, 0.25) is 0 Å². The highest BCUT2D eigenvalue weighted by molar-refractivity contribution is 6.13. The summed E-state index contributed by atoms with van der Waals surface area (Å²) in [4.78, 5) is 2.63. The SMILES string of the molecule is Cc1cccc(C2(C3=CC(C)CC=C3)c3ccccc3-c3c2cc(N(c2ccc4c(c2)c2ccccc2n4-c2ccccc2)C2C=CC=CC2)c2c4c(oc32)CCC=C4)c1. The number of furan rings is 1. The van der Waals surface area contributed by atoms with Gasteiger partial charge in [0, 0.05) is 39.7 Å². The van der Waals surface area contributed by atoms with Crippen LogP contribution in [0, 0.1) is 12.8 Å². The Kier molecular flexibility index (Phi) is 7.97. The zero-order valence-corrected chi connectivity index (χ0v) is 34.1. The number of rotatable bonds is 6. The maximum Gasteiger partial charge on any atom is 0.145 e. The molecule has 60 heavy (non-hydrogen) atoms. The fourth-order valence-electron chi connectivity index (χ4n) is 11.0. The van der Waals surface area contributed by atoms with Gasteiger partial charge in [0.05, 0.1) is 33.6 Å². The maximum atomic E-state index is 7.30. The molecular weight excluding hydrogens is 729 g/mol. The fraction of sp³-hybridized carbons (Fsp3) is 0.158. The van der Waals surface area contributed by atoms with Crippen molar-refractivity contribution in [2.45, 2.75) is 51.0 Å². The molecule has 3 unspecified atom stereocenters. The number of fused-ring (bicyclic) bond motifs is 10. The van der Waals surface area contributed by atoms with Gasteiger partial charge in [0.25, 0.3) is 0 Å². The molecule has 0 bridgehead atoms. The topological polar surface area (TPSA) is 21.3 Å². The van der Waals surface area contributed by atoms with E-state index in [9.17, 15) is 0 Å². The quantitative estimate of drug-likeness (QED) is 0.168. The lowest BCUT2D eigenvalue weighted by Crippen LogP contribution is -2.32. The van der Waals surface area contributed by atoms with E-state index in [1.165, 1.54) is 88.8 Å². The Morgan fingerprint density at radius 2 is 1.57 bits per heavy atom. The number of benzene rings is 6. The van der Waals surface area contributed by atoms with E-state index in [2.05, 4.69) is 205 Å². The Morgan fingerprint density at radius 3 is 2.43 bits per heavy atom. The molecule has 3 atom stereocenters. The van der Waals surface area contributed by atoms with Gasteiger partial charge in [-0.3, -0.25) is 0 Å². The molecule has 290 valence electrons. The van der Waals surface area contributed by atoms with E-state index < -0.39 is 5.41 Å². The van der Waals surface area contributed by atoms with E-state index in [1.807, 2.05) is 0 Å². The monoisotopic (exact) mass is 774 g/mol. The van der Waals surface area contributed by atoms with E-state index in [0.717, 1.165) is 37.0 Å². The fourth-order valence-corrected chi connectivity index (χ4v) is 11.0. The molecule has 0 amide bonds. The standard InChI is InChI=1S/C57H46N2O/c1-37-17-15-19-39(33-37)57(40-20-16-18-38(2)34-40)48-28-12-9-26-45(48)54-49(57)36-52(55-46-27-11-14-30-53(46)60-56(54)55)58(41-21-5-3-6-22-41)43-31-32-51-47(35-43)44-25-10-13-29-50(44)59(51)42-23-7-4-8-24-42/h3-13,15-17,19-21,23-29,31-36,38,41H,14,18,22,30H2,1-2H3. The molecule has 4 aliphatic rings. The van der Waals surface area contributed by atoms with E-state index in [0.29, 0.717) is 5.92 Å². The van der Waals surface area contributed by atoms with Crippen molar-refractivity contribution < 1.29 is 4.42 Å². The van der Waals surface area contributed by atoms with Crippen molar-refractivity contribution in [3.05, 3.63) is 215 Å². The first-order chi connectivity index (χ1) is 29.6. The third-order valence-corrected chi connectivity index (χ3v) is 13.5. The minimum Gasteiger partial charge on any atom is -0.460 e. The van der Waals surface area contributed by atoms with Crippen LogP contribution in [0.1, 0.15) is 59.8 Å². The second-order valence-electron chi connectivity index (χ2n) is 17.2. The number of hydrogen-bond acceptors (Lipinski definition) is 2. The Labute approximate surface area is 351 Å². The zero-order chi connectivity index (χ0) is 40.0. The third kappa shape index (κ3) is 5.08. The van der Waals surface area contributed by atoms with Gasteiger partial charge >= 0.3 is 0 Å². The van der Waals surface area contributed by atoms with Gasteiger partial charge in [-0.15, -0.1) is 0 Å². The Balaban J connectivity index is 1.21. The van der Waals surface area contributed by atoms with Gasteiger partial charge in [0.15, 0.2) is 0 Å². The molecule has 0 N–H and O–H groups in total. The van der Waals surface area contributed by atoms with E-state index >= 15 is 0 Å². The summed E-state index contributed by atoms with van der Waals surface area (Å²) < 4.78 is 9.70. The minimum atomic E-state index is -0.545. The molecule has 2 aromatic heterocycles. The van der Waals surface area contributed by atoms with Crippen LogP contribution in [0.15, 0.2) is 186 Å². The summed E-state index contributed by atoms with van der Waals surface area (Å²) >= 11 is 0.